The molecule has 2 N–H and O–H groups in total. The molecule has 10 heteroatoms. The van der Waals surface area contributed by atoms with Crippen LogP contribution >= 0.6 is 31.9 Å². The number of carbonyl (C=O) groups excluding carboxylic acids is 1. The highest BCUT2D eigenvalue weighted by Gasteiger charge is 2.19. The van der Waals surface area contributed by atoms with Crippen molar-refractivity contribution in [3.63, 3.8) is 0 Å². The summed E-state index contributed by atoms with van der Waals surface area (Å²) in [7, 11) is 0. The fraction of sp³-hybridized carbons (Fsp3) is 0. The lowest BCUT2D eigenvalue weighted by molar-refractivity contribution is -0.384. The minimum absolute atomic E-state index is 0.0109. The van der Waals surface area contributed by atoms with E-state index in [-0.39, 0.29) is 22.6 Å². The lowest BCUT2D eigenvalue weighted by Crippen LogP contribution is -2.14. The summed E-state index contributed by atoms with van der Waals surface area (Å²) in [5, 5.41) is 28.5. The largest absolute Gasteiger partial charge is 0.319 e. The van der Waals surface area contributed by atoms with Gasteiger partial charge in [0.2, 0.25) is 0 Å². The Hall–Kier alpha value is -2.25. The molecule has 21 heavy (non-hydrogen) atoms. The number of nitrogens with one attached hydrogen (secondary N) is 2. The van der Waals surface area contributed by atoms with Gasteiger partial charge in [0.15, 0.2) is 5.69 Å². The molecular weight excluding hydrogens is 410 g/mol. The number of aromatic amines is 1. The first kappa shape index (κ1) is 15.1. The molecule has 106 valence electrons. The maximum Gasteiger partial charge on any atom is 0.277 e. The van der Waals surface area contributed by atoms with Gasteiger partial charge in [0.05, 0.1) is 20.6 Å². The molecule has 0 radical (unpaired) electrons. The van der Waals surface area contributed by atoms with Crippen molar-refractivity contribution in [3.05, 3.63) is 48.6 Å². The monoisotopic (exact) mass is 413 g/mol. The summed E-state index contributed by atoms with van der Waals surface area (Å²) in [5.41, 5.74) is 0.0137. The molecular formula is C11H5Br2N5O3. The molecule has 0 unspecified atom stereocenters. The molecule has 8 nitrogen and oxygen atoms in total. The lowest BCUT2D eigenvalue weighted by atomic mass is 10.1. The second-order valence-electron chi connectivity index (χ2n) is 3.75. The Balaban J connectivity index is 2.32. The summed E-state index contributed by atoms with van der Waals surface area (Å²) in [6.07, 6.45) is 0. The number of hydrogen-bond acceptors (Lipinski definition) is 5. The smallest absolute Gasteiger partial charge is 0.277 e. The van der Waals surface area contributed by atoms with Crippen LogP contribution in [0.3, 0.4) is 0 Å². The number of nitrogens with zero attached hydrogens (tertiary/aromatic N) is 3. The highest BCUT2D eigenvalue weighted by atomic mass is 79.9. The van der Waals surface area contributed by atoms with Gasteiger partial charge in [-0.25, -0.2) is 0 Å². The van der Waals surface area contributed by atoms with Gasteiger partial charge in [-0.1, -0.05) is 0 Å². The van der Waals surface area contributed by atoms with E-state index in [1.807, 2.05) is 0 Å². The summed E-state index contributed by atoms with van der Waals surface area (Å²) < 4.78 is 0.928. The molecule has 2 aromatic rings. The van der Waals surface area contributed by atoms with Crippen LogP contribution in [-0.4, -0.2) is 21.0 Å². The SMILES string of the molecule is N#Cc1cc([N+](=O)[O-])ccc1NC(=O)c1n[nH]c(Br)c1Br. The Bertz CT molecular complexity index is 781. The van der Waals surface area contributed by atoms with E-state index in [1.54, 1.807) is 6.07 Å². The van der Waals surface area contributed by atoms with Crippen molar-refractivity contribution in [1.29, 1.82) is 5.26 Å². The summed E-state index contributed by atoms with van der Waals surface area (Å²) in [4.78, 5) is 22.1. The van der Waals surface area contributed by atoms with Crippen molar-refractivity contribution in [2.45, 2.75) is 0 Å². The van der Waals surface area contributed by atoms with E-state index >= 15 is 0 Å². The zero-order valence-electron chi connectivity index (χ0n) is 10.1. The number of carbonyl (C=O) groups is 1. The van der Waals surface area contributed by atoms with Crippen molar-refractivity contribution in [1.82, 2.24) is 10.2 Å². The fourth-order valence-electron chi connectivity index (χ4n) is 1.49. The molecule has 0 bridgehead atoms. The van der Waals surface area contributed by atoms with E-state index in [9.17, 15) is 14.9 Å². The fourth-order valence-corrected chi connectivity index (χ4v) is 2.12. The van der Waals surface area contributed by atoms with Crippen LogP contribution in [0, 0.1) is 21.4 Å². The first-order chi connectivity index (χ1) is 9.93. The van der Waals surface area contributed by atoms with Crippen LogP contribution in [0.1, 0.15) is 16.1 Å². The lowest BCUT2D eigenvalue weighted by Gasteiger charge is -2.05. The number of nitriles is 1. The number of rotatable bonds is 3. The van der Waals surface area contributed by atoms with Gasteiger partial charge in [-0.3, -0.25) is 20.0 Å². The number of benzene rings is 1. The molecule has 0 atom stereocenters. The number of hydrogen-bond donors (Lipinski definition) is 2. The van der Waals surface area contributed by atoms with E-state index in [2.05, 4.69) is 47.4 Å². The predicted octanol–water partition coefficient (Wildman–Crippen LogP) is 2.97. The first-order valence-electron chi connectivity index (χ1n) is 5.33. The van der Waals surface area contributed by atoms with Gasteiger partial charge in [-0.15, -0.1) is 0 Å². The second-order valence-corrected chi connectivity index (χ2v) is 5.34. The van der Waals surface area contributed by atoms with Gasteiger partial charge < -0.3 is 5.32 Å². The molecule has 1 aromatic heterocycles. The Morgan fingerprint density at radius 2 is 2.19 bits per heavy atom. The maximum absolute atomic E-state index is 12.0. The van der Waals surface area contributed by atoms with E-state index in [0.29, 0.717) is 9.08 Å². The number of H-pyrrole nitrogens is 1. The summed E-state index contributed by atoms with van der Waals surface area (Å²) in [6, 6.07) is 5.38. The average Bonchev–Trinajstić information content (AvgIpc) is 2.79. The van der Waals surface area contributed by atoms with Crippen LogP contribution < -0.4 is 5.32 Å². The van der Waals surface area contributed by atoms with E-state index in [0.717, 1.165) is 6.07 Å². The molecule has 1 amide bonds. The molecule has 0 fully saturated rings. The molecule has 0 spiro atoms. The summed E-state index contributed by atoms with van der Waals surface area (Å²) in [5.74, 6) is -0.561. The molecule has 0 aliphatic heterocycles. The van der Waals surface area contributed by atoms with Crippen molar-refractivity contribution >= 4 is 49.1 Å². The second kappa shape index (κ2) is 6.02. The van der Waals surface area contributed by atoms with Gasteiger partial charge in [-0.2, -0.15) is 10.4 Å². The van der Waals surface area contributed by atoms with E-state index < -0.39 is 10.8 Å². The number of non-ortho nitro benzene ring substituents is 1. The summed E-state index contributed by atoms with van der Waals surface area (Å²) in [6.45, 7) is 0. The predicted molar refractivity (Wildman–Crippen MR) is 79.8 cm³/mol. The Kier molecular flexibility index (Phi) is 4.35. The topological polar surface area (TPSA) is 125 Å². The zero-order chi connectivity index (χ0) is 15.6. The number of nitro benzene ring substituents is 1. The normalized spacial score (nSPS) is 9.95. The van der Waals surface area contributed by atoms with E-state index in [4.69, 9.17) is 5.26 Å². The molecule has 0 aliphatic carbocycles. The quantitative estimate of drug-likeness (QED) is 0.589. The van der Waals surface area contributed by atoms with Gasteiger partial charge in [0, 0.05) is 12.1 Å². The van der Waals surface area contributed by atoms with Crippen LogP contribution in [0.4, 0.5) is 11.4 Å². The Morgan fingerprint density at radius 3 is 2.71 bits per heavy atom. The molecule has 2 rings (SSSR count). The third-order valence-electron chi connectivity index (χ3n) is 2.46. The molecule has 1 heterocycles. The zero-order valence-corrected chi connectivity index (χ0v) is 13.2. The highest BCUT2D eigenvalue weighted by molar-refractivity contribution is 9.13. The molecule has 1 aromatic carbocycles. The van der Waals surface area contributed by atoms with Crippen LogP contribution in [-0.2, 0) is 0 Å². The van der Waals surface area contributed by atoms with Crippen LogP contribution in [0.15, 0.2) is 27.3 Å². The third kappa shape index (κ3) is 3.09. The number of aromatic nitrogens is 2. The van der Waals surface area contributed by atoms with Crippen molar-refractivity contribution in [3.8, 4) is 6.07 Å². The summed E-state index contributed by atoms with van der Waals surface area (Å²) >= 11 is 6.33. The molecule has 0 aliphatic rings. The van der Waals surface area contributed by atoms with Gasteiger partial charge in [-0.05, 0) is 37.9 Å². The standard InChI is InChI=1S/C11H5Br2N5O3/c12-8-9(16-17-10(8)13)11(19)15-7-2-1-6(18(20)21)3-5(7)4-14/h1-3H,(H,15,19)(H,16,17). The molecule has 0 saturated carbocycles. The minimum atomic E-state index is -0.617. The van der Waals surface area contributed by atoms with Gasteiger partial charge >= 0.3 is 0 Å². The van der Waals surface area contributed by atoms with Crippen molar-refractivity contribution in [2.75, 3.05) is 5.32 Å². The maximum atomic E-state index is 12.0. The van der Waals surface area contributed by atoms with Crippen LogP contribution in [0.5, 0.6) is 0 Å². The van der Waals surface area contributed by atoms with Crippen LogP contribution in [0.2, 0.25) is 0 Å². The number of anilines is 1. The number of amides is 1. The minimum Gasteiger partial charge on any atom is -0.319 e. The average molecular weight is 415 g/mol. The Morgan fingerprint density at radius 1 is 1.48 bits per heavy atom. The Labute approximate surface area is 134 Å². The van der Waals surface area contributed by atoms with E-state index in [1.165, 1.54) is 12.1 Å². The van der Waals surface area contributed by atoms with Gasteiger partial charge in [0.25, 0.3) is 11.6 Å². The van der Waals surface area contributed by atoms with Crippen LogP contribution in [0.25, 0.3) is 0 Å². The number of nitro groups is 1. The molecule has 0 saturated heterocycles. The first-order valence-corrected chi connectivity index (χ1v) is 6.92. The number of halogens is 2. The highest BCUT2D eigenvalue weighted by Crippen LogP contribution is 2.26. The van der Waals surface area contributed by atoms with Crippen molar-refractivity contribution in [2.24, 2.45) is 0 Å². The van der Waals surface area contributed by atoms with Gasteiger partial charge in [0.1, 0.15) is 10.7 Å². The van der Waals surface area contributed by atoms with Crippen molar-refractivity contribution < 1.29 is 9.72 Å². The third-order valence-corrected chi connectivity index (χ3v) is 4.34.